The summed E-state index contributed by atoms with van der Waals surface area (Å²) >= 11 is 0. The number of nitrogens with zero attached hydrogens (tertiary/aromatic N) is 1. The van der Waals surface area contributed by atoms with Gasteiger partial charge in [-0.2, -0.15) is 5.26 Å². The molecule has 0 bridgehead atoms. The predicted octanol–water partition coefficient (Wildman–Crippen LogP) is 1.75. The van der Waals surface area contributed by atoms with Crippen LogP contribution in [0, 0.1) is 18.3 Å². The third kappa shape index (κ3) is 2.26. The van der Waals surface area contributed by atoms with E-state index in [2.05, 4.69) is 0 Å². The Morgan fingerprint density at radius 1 is 1.60 bits per heavy atom. The van der Waals surface area contributed by atoms with Crippen LogP contribution in [0.3, 0.4) is 0 Å². The Kier molecular flexibility index (Phi) is 3.29. The van der Waals surface area contributed by atoms with E-state index in [-0.39, 0.29) is 17.9 Å². The Labute approximate surface area is 87.7 Å². The number of hydrogen-bond acceptors (Lipinski definition) is 4. The quantitative estimate of drug-likeness (QED) is 0.746. The number of hydrogen-bond donors (Lipinski definition) is 1. The minimum Gasteiger partial charge on any atom is -0.507 e. The lowest BCUT2D eigenvalue weighted by Gasteiger charge is -2.06. The Hall–Kier alpha value is -2.02. The molecule has 0 saturated heterocycles. The first-order valence-electron chi connectivity index (χ1n) is 4.51. The Balaban J connectivity index is 3.20. The molecule has 0 radical (unpaired) electrons. The molecule has 78 valence electrons. The van der Waals surface area contributed by atoms with E-state index in [0.29, 0.717) is 11.1 Å². The molecule has 0 aliphatic carbocycles. The van der Waals surface area contributed by atoms with Crippen molar-refractivity contribution < 1.29 is 14.6 Å². The fourth-order valence-corrected chi connectivity index (χ4v) is 1.21. The molecular formula is C11H11NO3. The minimum atomic E-state index is -0.480. The summed E-state index contributed by atoms with van der Waals surface area (Å²) < 4.78 is 4.82. The van der Waals surface area contributed by atoms with Gasteiger partial charge in [0.1, 0.15) is 11.8 Å². The van der Waals surface area contributed by atoms with Gasteiger partial charge in [-0.3, -0.25) is 0 Å². The lowest BCUT2D eigenvalue weighted by Crippen LogP contribution is -2.07. The number of phenolic OH excluding ortho intramolecular Hbond substituents is 1. The van der Waals surface area contributed by atoms with Crippen molar-refractivity contribution in [3.05, 3.63) is 28.8 Å². The van der Waals surface area contributed by atoms with Crippen molar-refractivity contribution in [2.24, 2.45) is 0 Å². The van der Waals surface area contributed by atoms with Crippen molar-refractivity contribution in [1.29, 1.82) is 5.26 Å². The van der Waals surface area contributed by atoms with Gasteiger partial charge in [0.05, 0.1) is 17.7 Å². The summed E-state index contributed by atoms with van der Waals surface area (Å²) in [5.41, 5.74) is 0.972. The molecule has 0 aromatic heterocycles. The van der Waals surface area contributed by atoms with Gasteiger partial charge in [-0.15, -0.1) is 0 Å². The van der Waals surface area contributed by atoms with Crippen LogP contribution in [-0.2, 0) is 4.74 Å². The van der Waals surface area contributed by atoms with Crippen molar-refractivity contribution in [3.8, 4) is 11.8 Å². The molecule has 1 aromatic rings. The van der Waals surface area contributed by atoms with Gasteiger partial charge in [-0.05, 0) is 31.5 Å². The molecule has 0 spiro atoms. The number of carbonyl (C=O) groups excluding carboxylic acids is 1. The maximum atomic E-state index is 11.4. The van der Waals surface area contributed by atoms with E-state index in [1.807, 2.05) is 0 Å². The van der Waals surface area contributed by atoms with Crippen LogP contribution < -0.4 is 0 Å². The summed E-state index contributed by atoms with van der Waals surface area (Å²) in [6.07, 6.45) is 0. The fraction of sp³-hybridized carbons (Fsp3) is 0.273. The molecule has 4 heteroatoms. The fourth-order valence-electron chi connectivity index (χ4n) is 1.21. The van der Waals surface area contributed by atoms with Crippen LogP contribution in [0.25, 0.3) is 0 Å². The van der Waals surface area contributed by atoms with E-state index < -0.39 is 5.97 Å². The van der Waals surface area contributed by atoms with Crippen molar-refractivity contribution in [2.75, 3.05) is 6.61 Å². The number of aromatic hydroxyl groups is 1. The first-order chi connectivity index (χ1) is 7.10. The minimum absolute atomic E-state index is 0.0728. The largest absolute Gasteiger partial charge is 0.507 e. The molecule has 1 aromatic carbocycles. The van der Waals surface area contributed by atoms with Crippen LogP contribution in [-0.4, -0.2) is 17.7 Å². The third-order valence-corrected chi connectivity index (χ3v) is 1.96. The highest BCUT2D eigenvalue weighted by Gasteiger charge is 2.13. The normalized spacial score (nSPS) is 9.40. The number of phenols is 1. The number of aryl methyl sites for hydroxylation is 1. The monoisotopic (exact) mass is 205 g/mol. The first kappa shape index (κ1) is 11.1. The topological polar surface area (TPSA) is 70.3 Å². The summed E-state index contributed by atoms with van der Waals surface area (Å²) in [7, 11) is 0. The van der Waals surface area contributed by atoms with E-state index in [0.717, 1.165) is 0 Å². The van der Waals surface area contributed by atoms with Gasteiger partial charge in [0.15, 0.2) is 0 Å². The molecule has 0 unspecified atom stereocenters. The summed E-state index contributed by atoms with van der Waals surface area (Å²) in [6.45, 7) is 3.66. The number of nitriles is 1. The van der Waals surface area contributed by atoms with Crippen molar-refractivity contribution in [2.45, 2.75) is 13.8 Å². The zero-order chi connectivity index (χ0) is 11.4. The van der Waals surface area contributed by atoms with Crippen LogP contribution >= 0.6 is 0 Å². The van der Waals surface area contributed by atoms with Crippen LogP contribution in [0.15, 0.2) is 12.1 Å². The van der Waals surface area contributed by atoms with Crippen LogP contribution in [0.1, 0.15) is 28.4 Å². The molecule has 0 aliphatic heterocycles. The smallest absolute Gasteiger partial charge is 0.338 e. The predicted molar refractivity (Wildman–Crippen MR) is 53.5 cm³/mol. The van der Waals surface area contributed by atoms with Crippen LogP contribution in [0.4, 0.5) is 0 Å². The molecular weight excluding hydrogens is 194 g/mol. The second-order valence-corrected chi connectivity index (χ2v) is 3.02. The Morgan fingerprint density at radius 2 is 2.27 bits per heavy atom. The second-order valence-electron chi connectivity index (χ2n) is 3.02. The molecule has 0 atom stereocenters. The van der Waals surface area contributed by atoms with Crippen LogP contribution in [0.5, 0.6) is 5.75 Å². The summed E-state index contributed by atoms with van der Waals surface area (Å²) in [6, 6.07) is 4.52. The number of esters is 1. The average molecular weight is 205 g/mol. The Morgan fingerprint density at radius 3 is 2.80 bits per heavy atom. The highest BCUT2D eigenvalue weighted by Crippen LogP contribution is 2.21. The van der Waals surface area contributed by atoms with E-state index in [1.54, 1.807) is 19.9 Å². The van der Waals surface area contributed by atoms with Gasteiger partial charge in [-0.25, -0.2) is 4.79 Å². The first-order valence-corrected chi connectivity index (χ1v) is 4.51. The van der Waals surface area contributed by atoms with E-state index in [9.17, 15) is 9.90 Å². The third-order valence-electron chi connectivity index (χ3n) is 1.96. The van der Waals surface area contributed by atoms with E-state index >= 15 is 0 Å². The van der Waals surface area contributed by atoms with Crippen LogP contribution in [0.2, 0.25) is 0 Å². The van der Waals surface area contributed by atoms with Crippen molar-refractivity contribution in [1.82, 2.24) is 0 Å². The molecule has 4 nitrogen and oxygen atoms in total. The van der Waals surface area contributed by atoms with E-state index in [4.69, 9.17) is 10.00 Å². The number of ether oxygens (including phenoxy) is 1. The molecule has 0 saturated carbocycles. The van der Waals surface area contributed by atoms with Gasteiger partial charge in [0, 0.05) is 0 Å². The average Bonchev–Trinajstić information content (AvgIpc) is 2.18. The summed E-state index contributed by atoms with van der Waals surface area (Å²) in [4.78, 5) is 11.4. The molecule has 0 amide bonds. The summed E-state index contributed by atoms with van der Waals surface area (Å²) in [5.74, 6) is -0.602. The number of rotatable bonds is 2. The van der Waals surface area contributed by atoms with Gasteiger partial charge in [-0.1, -0.05) is 0 Å². The number of carbonyl (C=O) groups is 1. The SMILES string of the molecule is CCOC(=O)c1cc(C#N)c(O)cc1C. The van der Waals surface area contributed by atoms with Gasteiger partial charge in [0.25, 0.3) is 0 Å². The maximum Gasteiger partial charge on any atom is 0.338 e. The van der Waals surface area contributed by atoms with Gasteiger partial charge >= 0.3 is 5.97 Å². The lowest BCUT2D eigenvalue weighted by molar-refractivity contribution is 0.0525. The highest BCUT2D eigenvalue weighted by molar-refractivity contribution is 5.91. The van der Waals surface area contributed by atoms with Crippen molar-refractivity contribution >= 4 is 5.97 Å². The van der Waals surface area contributed by atoms with Gasteiger partial charge < -0.3 is 9.84 Å². The molecule has 0 fully saturated rings. The van der Waals surface area contributed by atoms with Gasteiger partial charge in [0.2, 0.25) is 0 Å². The molecule has 0 heterocycles. The zero-order valence-corrected chi connectivity index (χ0v) is 8.57. The Bertz CT molecular complexity index is 432. The lowest BCUT2D eigenvalue weighted by atomic mass is 10.0. The molecule has 15 heavy (non-hydrogen) atoms. The molecule has 0 aliphatic rings. The second kappa shape index (κ2) is 4.47. The van der Waals surface area contributed by atoms with E-state index in [1.165, 1.54) is 12.1 Å². The molecule has 1 rings (SSSR count). The highest BCUT2D eigenvalue weighted by atomic mass is 16.5. The van der Waals surface area contributed by atoms with Crippen molar-refractivity contribution in [3.63, 3.8) is 0 Å². The zero-order valence-electron chi connectivity index (χ0n) is 8.57. The summed E-state index contributed by atoms with van der Waals surface area (Å²) in [5, 5.41) is 18.0. The standard InChI is InChI=1S/C11H11NO3/c1-3-15-11(14)9-5-8(6-12)10(13)4-7(9)2/h4-5,13H,3H2,1-2H3. The maximum absolute atomic E-state index is 11.4. The number of benzene rings is 1. The molecule has 1 N–H and O–H groups in total.